The van der Waals surface area contributed by atoms with Crippen molar-refractivity contribution in [3.63, 3.8) is 0 Å². The molecule has 1 rings (SSSR count). The lowest BCUT2D eigenvalue weighted by atomic mass is 10.0. The molecule has 12 heavy (non-hydrogen) atoms. The van der Waals surface area contributed by atoms with Crippen LogP contribution in [0, 0.1) is 12.7 Å². The summed E-state index contributed by atoms with van der Waals surface area (Å²) in [5.41, 5.74) is 1.90. The summed E-state index contributed by atoms with van der Waals surface area (Å²) in [6, 6.07) is 4.63. The van der Waals surface area contributed by atoms with E-state index in [1.54, 1.807) is 13.0 Å². The van der Waals surface area contributed by atoms with E-state index in [1.165, 1.54) is 12.1 Å². The van der Waals surface area contributed by atoms with Crippen LogP contribution in [0.3, 0.4) is 0 Å². The Morgan fingerprint density at radius 3 is 2.75 bits per heavy atom. The third kappa shape index (κ3) is 2.31. The Labute approximate surface area is 71.9 Å². The fourth-order valence-corrected chi connectivity index (χ4v) is 1.18. The van der Waals surface area contributed by atoms with Gasteiger partial charge >= 0.3 is 0 Å². The van der Waals surface area contributed by atoms with E-state index < -0.39 is 6.10 Å². The summed E-state index contributed by atoms with van der Waals surface area (Å²) in [5.74, 6) is -0.240. The predicted octanol–water partition coefficient (Wildman–Crippen LogP) is 2.06. The maximum absolute atomic E-state index is 12.7. The average Bonchev–Trinajstić information content (AvgIpc) is 1.96. The Kier molecular flexibility index (Phi) is 2.82. The zero-order valence-corrected chi connectivity index (χ0v) is 7.34. The van der Waals surface area contributed by atoms with Gasteiger partial charge in [-0.25, -0.2) is 4.39 Å². The summed E-state index contributed by atoms with van der Waals surface area (Å²) in [6.07, 6.45) is 0.106. The molecular formula is C10H13FO. The van der Waals surface area contributed by atoms with Crippen LogP contribution < -0.4 is 0 Å². The molecular weight excluding hydrogens is 155 g/mol. The number of aryl methyl sites for hydroxylation is 1. The molecule has 0 aliphatic carbocycles. The Morgan fingerprint density at radius 2 is 2.17 bits per heavy atom. The number of aliphatic hydroxyl groups is 1. The van der Waals surface area contributed by atoms with Crippen molar-refractivity contribution < 1.29 is 9.50 Å². The van der Waals surface area contributed by atoms with Gasteiger partial charge in [-0.1, -0.05) is 6.07 Å². The van der Waals surface area contributed by atoms with Crippen molar-refractivity contribution in [3.8, 4) is 0 Å². The second-order valence-corrected chi connectivity index (χ2v) is 3.12. The van der Waals surface area contributed by atoms with Gasteiger partial charge in [-0.15, -0.1) is 0 Å². The monoisotopic (exact) mass is 168 g/mol. The summed E-state index contributed by atoms with van der Waals surface area (Å²) < 4.78 is 12.7. The standard InChI is InChI=1S/C10H13FO/c1-7-3-4-10(11)6-9(7)5-8(2)12/h3-4,6,8,12H,5H2,1-2H3/t8-/m1/s1. The van der Waals surface area contributed by atoms with Gasteiger partial charge in [0.25, 0.3) is 0 Å². The van der Waals surface area contributed by atoms with E-state index >= 15 is 0 Å². The topological polar surface area (TPSA) is 20.2 Å². The van der Waals surface area contributed by atoms with Crippen molar-refractivity contribution >= 4 is 0 Å². The number of halogens is 1. The molecule has 0 radical (unpaired) electrons. The molecule has 0 saturated heterocycles. The molecule has 2 heteroatoms. The molecule has 0 saturated carbocycles. The van der Waals surface area contributed by atoms with Crippen LogP contribution in [0.25, 0.3) is 0 Å². The van der Waals surface area contributed by atoms with Gasteiger partial charge in [0.1, 0.15) is 5.82 Å². The fourth-order valence-electron chi connectivity index (χ4n) is 1.18. The highest BCUT2D eigenvalue weighted by atomic mass is 19.1. The van der Waals surface area contributed by atoms with Crippen molar-refractivity contribution in [1.82, 2.24) is 0 Å². The second kappa shape index (κ2) is 3.68. The summed E-state index contributed by atoms with van der Waals surface area (Å²) in [7, 11) is 0. The average molecular weight is 168 g/mol. The number of benzene rings is 1. The minimum absolute atomic E-state index is 0.240. The Morgan fingerprint density at radius 1 is 1.50 bits per heavy atom. The van der Waals surface area contributed by atoms with E-state index in [0.717, 1.165) is 11.1 Å². The van der Waals surface area contributed by atoms with E-state index in [1.807, 2.05) is 6.92 Å². The molecule has 0 aromatic heterocycles. The van der Waals surface area contributed by atoms with E-state index in [9.17, 15) is 4.39 Å². The lowest BCUT2D eigenvalue weighted by molar-refractivity contribution is 0.195. The van der Waals surface area contributed by atoms with Crippen LogP contribution in [-0.4, -0.2) is 11.2 Å². The van der Waals surface area contributed by atoms with E-state index in [2.05, 4.69) is 0 Å². The molecule has 0 unspecified atom stereocenters. The van der Waals surface area contributed by atoms with Gasteiger partial charge in [-0.05, 0) is 43.5 Å². The maximum Gasteiger partial charge on any atom is 0.123 e. The van der Waals surface area contributed by atoms with Gasteiger partial charge in [-0.3, -0.25) is 0 Å². The van der Waals surface area contributed by atoms with Gasteiger partial charge in [0.05, 0.1) is 6.10 Å². The molecule has 1 atom stereocenters. The van der Waals surface area contributed by atoms with E-state index in [-0.39, 0.29) is 5.82 Å². The Hall–Kier alpha value is -0.890. The minimum atomic E-state index is -0.412. The molecule has 0 fully saturated rings. The zero-order chi connectivity index (χ0) is 9.14. The lowest BCUT2D eigenvalue weighted by Crippen LogP contribution is -2.05. The second-order valence-electron chi connectivity index (χ2n) is 3.12. The van der Waals surface area contributed by atoms with Crippen LogP contribution in [0.4, 0.5) is 4.39 Å². The molecule has 0 aliphatic heterocycles. The van der Waals surface area contributed by atoms with Crippen LogP contribution in [0.1, 0.15) is 18.1 Å². The Bertz CT molecular complexity index is 269. The zero-order valence-electron chi connectivity index (χ0n) is 7.34. The van der Waals surface area contributed by atoms with Gasteiger partial charge in [0, 0.05) is 0 Å². The third-order valence-electron chi connectivity index (χ3n) is 1.83. The summed E-state index contributed by atoms with van der Waals surface area (Å²) in [6.45, 7) is 3.61. The quantitative estimate of drug-likeness (QED) is 0.716. The molecule has 1 N–H and O–H groups in total. The highest BCUT2D eigenvalue weighted by Gasteiger charge is 2.03. The lowest BCUT2D eigenvalue weighted by Gasteiger charge is -2.07. The smallest absolute Gasteiger partial charge is 0.123 e. The molecule has 1 aromatic rings. The highest BCUT2D eigenvalue weighted by Crippen LogP contribution is 2.12. The molecule has 1 aromatic carbocycles. The Balaban J connectivity index is 2.90. The van der Waals surface area contributed by atoms with E-state index in [4.69, 9.17) is 5.11 Å². The van der Waals surface area contributed by atoms with Crippen molar-refractivity contribution in [1.29, 1.82) is 0 Å². The van der Waals surface area contributed by atoms with Crippen LogP contribution in [0.15, 0.2) is 18.2 Å². The maximum atomic E-state index is 12.7. The molecule has 0 aliphatic rings. The van der Waals surface area contributed by atoms with Crippen LogP contribution in [0.2, 0.25) is 0 Å². The molecule has 0 heterocycles. The number of hydrogen-bond donors (Lipinski definition) is 1. The first-order chi connectivity index (χ1) is 5.59. The number of hydrogen-bond acceptors (Lipinski definition) is 1. The van der Waals surface area contributed by atoms with E-state index in [0.29, 0.717) is 6.42 Å². The predicted molar refractivity (Wildman–Crippen MR) is 46.5 cm³/mol. The first kappa shape index (κ1) is 9.20. The first-order valence-corrected chi connectivity index (χ1v) is 4.02. The molecule has 1 nitrogen and oxygen atoms in total. The molecule has 0 amide bonds. The van der Waals surface area contributed by atoms with Crippen LogP contribution >= 0.6 is 0 Å². The minimum Gasteiger partial charge on any atom is -0.393 e. The van der Waals surface area contributed by atoms with Gasteiger partial charge in [0.2, 0.25) is 0 Å². The van der Waals surface area contributed by atoms with Gasteiger partial charge in [0.15, 0.2) is 0 Å². The normalized spacial score (nSPS) is 13.0. The SMILES string of the molecule is Cc1ccc(F)cc1C[C@@H](C)O. The molecule has 66 valence electrons. The van der Waals surface area contributed by atoms with Crippen molar-refractivity contribution in [3.05, 3.63) is 35.1 Å². The summed E-state index contributed by atoms with van der Waals surface area (Å²) in [5, 5.41) is 9.10. The van der Waals surface area contributed by atoms with Crippen molar-refractivity contribution in [2.75, 3.05) is 0 Å². The molecule has 0 spiro atoms. The van der Waals surface area contributed by atoms with Crippen molar-refractivity contribution in [2.24, 2.45) is 0 Å². The largest absolute Gasteiger partial charge is 0.393 e. The molecule has 0 bridgehead atoms. The summed E-state index contributed by atoms with van der Waals surface area (Å²) in [4.78, 5) is 0. The fraction of sp³-hybridized carbons (Fsp3) is 0.400. The van der Waals surface area contributed by atoms with Crippen molar-refractivity contribution in [2.45, 2.75) is 26.4 Å². The number of rotatable bonds is 2. The highest BCUT2D eigenvalue weighted by molar-refractivity contribution is 5.26. The van der Waals surface area contributed by atoms with Gasteiger partial charge < -0.3 is 5.11 Å². The first-order valence-electron chi connectivity index (χ1n) is 4.02. The number of aliphatic hydroxyl groups excluding tert-OH is 1. The van der Waals surface area contributed by atoms with Crippen LogP contribution in [-0.2, 0) is 6.42 Å². The summed E-state index contributed by atoms with van der Waals surface area (Å²) >= 11 is 0. The van der Waals surface area contributed by atoms with Gasteiger partial charge in [-0.2, -0.15) is 0 Å². The third-order valence-corrected chi connectivity index (χ3v) is 1.83. The van der Waals surface area contributed by atoms with Crippen LogP contribution in [0.5, 0.6) is 0 Å².